The molecule has 2 heterocycles. The molecule has 2 aromatic heterocycles. The maximum Gasteiger partial charge on any atom is 0.158 e. The minimum absolute atomic E-state index is 0.121. The lowest BCUT2D eigenvalue weighted by atomic mass is 10.1. The van der Waals surface area contributed by atoms with Crippen LogP contribution in [0.5, 0.6) is 0 Å². The van der Waals surface area contributed by atoms with Gasteiger partial charge in [0.05, 0.1) is 11.3 Å². The van der Waals surface area contributed by atoms with E-state index in [2.05, 4.69) is 15.1 Å². The van der Waals surface area contributed by atoms with E-state index in [9.17, 15) is 4.79 Å². The van der Waals surface area contributed by atoms with E-state index in [1.54, 1.807) is 12.3 Å². The van der Waals surface area contributed by atoms with Crippen molar-refractivity contribution in [2.45, 2.75) is 19.8 Å². The van der Waals surface area contributed by atoms with Gasteiger partial charge in [0.15, 0.2) is 12.1 Å². The summed E-state index contributed by atoms with van der Waals surface area (Å²) in [6, 6.07) is 1.68. The number of carbonyl (C=O) groups is 1. The molecule has 88 valence electrons. The first kappa shape index (κ1) is 11.7. The highest BCUT2D eigenvalue weighted by molar-refractivity contribution is 6.32. The van der Waals surface area contributed by atoms with E-state index >= 15 is 0 Å². The van der Waals surface area contributed by atoms with Crippen LogP contribution < -0.4 is 0 Å². The van der Waals surface area contributed by atoms with Gasteiger partial charge >= 0.3 is 0 Å². The number of hydrogen-bond acceptors (Lipinski definition) is 4. The maximum absolute atomic E-state index is 11.0. The van der Waals surface area contributed by atoms with Crippen molar-refractivity contribution in [3.05, 3.63) is 35.0 Å². The third-order valence-corrected chi connectivity index (χ3v) is 2.70. The zero-order chi connectivity index (χ0) is 12.4. The van der Waals surface area contributed by atoms with E-state index in [0.29, 0.717) is 17.1 Å². The average molecular weight is 251 g/mol. The van der Waals surface area contributed by atoms with E-state index in [1.807, 2.05) is 13.8 Å². The Bertz CT molecular complexity index is 536. The highest BCUT2D eigenvalue weighted by Crippen LogP contribution is 2.25. The van der Waals surface area contributed by atoms with Gasteiger partial charge in [-0.3, -0.25) is 4.79 Å². The lowest BCUT2D eigenvalue weighted by Crippen LogP contribution is -2.00. The third-order valence-electron chi connectivity index (χ3n) is 2.34. The summed E-state index contributed by atoms with van der Waals surface area (Å²) in [7, 11) is 0. The Morgan fingerprint density at radius 1 is 1.47 bits per heavy atom. The largest absolute Gasteiger partial charge is 0.298 e. The van der Waals surface area contributed by atoms with Crippen molar-refractivity contribution in [3.63, 3.8) is 0 Å². The van der Waals surface area contributed by atoms with Gasteiger partial charge in [0.1, 0.15) is 11.5 Å². The first-order chi connectivity index (χ1) is 8.15. The molecule has 0 aromatic carbocycles. The molecule has 0 aliphatic carbocycles. The molecule has 0 unspecified atom stereocenters. The van der Waals surface area contributed by atoms with E-state index in [0.717, 1.165) is 6.29 Å². The van der Waals surface area contributed by atoms with Crippen LogP contribution in [0.2, 0.25) is 5.15 Å². The Kier molecular flexibility index (Phi) is 3.19. The van der Waals surface area contributed by atoms with Crippen LogP contribution in [-0.4, -0.2) is 26.0 Å². The van der Waals surface area contributed by atoms with E-state index in [4.69, 9.17) is 11.6 Å². The van der Waals surface area contributed by atoms with Crippen LogP contribution in [0.25, 0.3) is 5.82 Å². The van der Waals surface area contributed by atoms with Gasteiger partial charge < -0.3 is 0 Å². The predicted octanol–water partition coefficient (Wildman–Crippen LogP) is 2.25. The molecule has 0 radical (unpaired) electrons. The molecule has 0 aliphatic heterocycles. The van der Waals surface area contributed by atoms with Gasteiger partial charge in [-0.05, 0) is 5.92 Å². The minimum Gasteiger partial charge on any atom is -0.298 e. The minimum atomic E-state index is 0.121. The Balaban J connectivity index is 2.61. The van der Waals surface area contributed by atoms with Gasteiger partial charge in [-0.15, -0.1) is 0 Å². The van der Waals surface area contributed by atoms with Crippen LogP contribution in [0.4, 0.5) is 0 Å². The summed E-state index contributed by atoms with van der Waals surface area (Å²) in [4.78, 5) is 18.9. The summed E-state index contributed by atoms with van der Waals surface area (Å²) in [5.41, 5.74) is 1.09. The molecular formula is C11H11ClN4O. The fourth-order valence-corrected chi connectivity index (χ4v) is 1.79. The molecule has 0 atom stereocenters. The van der Waals surface area contributed by atoms with Crippen molar-refractivity contribution in [1.29, 1.82) is 0 Å². The molecule has 17 heavy (non-hydrogen) atoms. The highest BCUT2D eigenvalue weighted by Gasteiger charge is 2.19. The van der Waals surface area contributed by atoms with Crippen LogP contribution >= 0.6 is 11.6 Å². The average Bonchev–Trinajstić information content (AvgIpc) is 2.67. The normalized spacial score (nSPS) is 10.8. The first-order valence-corrected chi connectivity index (χ1v) is 5.53. The van der Waals surface area contributed by atoms with E-state index in [-0.39, 0.29) is 11.1 Å². The van der Waals surface area contributed by atoms with Crippen LogP contribution in [-0.2, 0) is 0 Å². The van der Waals surface area contributed by atoms with Gasteiger partial charge in [-0.2, -0.15) is 5.10 Å². The molecule has 0 fully saturated rings. The Morgan fingerprint density at radius 2 is 2.24 bits per heavy atom. The van der Waals surface area contributed by atoms with Crippen molar-refractivity contribution in [2.24, 2.45) is 0 Å². The van der Waals surface area contributed by atoms with Crippen LogP contribution in [0.1, 0.15) is 35.8 Å². The summed E-state index contributed by atoms with van der Waals surface area (Å²) in [5.74, 6) is 0.663. The van der Waals surface area contributed by atoms with Crippen molar-refractivity contribution in [3.8, 4) is 5.82 Å². The fraction of sp³-hybridized carbons (Fsp3) is 0.273. The molecule has 0 saturated heterocycles. The Labute approximate surface area is 103 Å². The molecule has 0 N–H and O–H groups in total. The van der Waals surface area contributed by atoms with Crippen molar-refractivity contribution < 1.29 is 4.79 Å². The summed E-state index contributed by atoms with van der Waals surface area (Å²) in [6.07, 6.45) is 3.72. The molecule has 0 saturated carbocycles. The zero-order valence-corrected chi connectivity index (χ0v) is 10.2. The maximum atomic E-state index is 11.0. The second kappa shape index (κ2) is 4.63. The standard InChI is InChI=1S/C11H11ClN4O/c1-7(2)10-8(5-17)11(12)16(15-10)9-3-4-13-6-14-9/h3-7H,1-2H3. The number of rotatable bonds is 3. The quantitative estimate of drug-likeness (QED) is 0.784. The number of nitrogens with zero attached hydrogens (tertiary/aromatic N) is 4. The smallest absolute Gasteiger partial charge is 0.158 e. The fourth-order valence-electron chi connectivity index (χ4n) is 1.52. The van der Waals surface area contributed by atoms with Crippen molar-refractivity contribution in [1.82, 2.24) is 19.7 Å². The zero-order valence-electron chi connectivity index (χ0n) is 9.46. The molecule has 2 rings (SSSR count). The van der Waals surface area contributed by atoms with Crippen LogP contribution in [0.15, 0.2) is 18.6 Å². The Hall–Kier alpha value is -1.75. The molecule has 0 amide bonds. The molecule has 5 nitrogen and oxygen atoms in total. The second-order valence-electron chi connectivity index (χ2n) is 3.84. The Morgan fingerprint density at radius 3 is 2.71 bits per heavy atom. The summed E-state index contributed by atoms with van der Waals surface area (Å²) in [6.45, 7) is 3.91. The summed E-state index contributed by atoms with van der Waals surface area (Å²) in [5, 5.41) is 4.59. The lowest BCUT2D eigenvalue weighted by Gasteiger charge is -2.00. The van der Waals surface area contributed by atoms with Crippen LogP contribution in [0.3, 0.4) is 0 Å². The topological polar surface area (TPSA) is 60.7 Å². The molecule has 6 heteroatoms. The summed E-state index contributed by atoms with van der Waals surface area (Å²) < 4.78 is 1.45. The number of aldehydes is 1. The lowest BCUT2D eigenvalue weighted by molar-refractivity contribution is 0.112. The van der Waals surface area contributed by atoms with Gasteiger partial charge in [-0.25, -0.2) is 14.6 Å². The van der Waals surface area contributed by atoms with Gasteiger partial charge in [0, 0.05) is 12.3 Å². The third kappa shape index (κ3) is 2.06. The predicted molar refractivity (Wildman–Crippen MR) is 63.6 cm³/mol. The van der Waals surface area contributed by atoms with Crippen molar-refractivity contribution >= 4 is 17.9 Å². The number of aromatic nitrogens is 4. The number of halogens is 1. The first-order valence-electron chi connectivity index (χ1n) is 5.15. The highest BCUT2D eigenvalue weighted by atomic mass is 35.5. The SMILES string of the molecule is CC(C)c1nn(-c2ccncn2)c(Cl)c1C=O. The summed E-state index contributed by atoms with van der Waals surface area (Å²) >= 11 is 6.12. The monoisotopic (exact) mass is 250 g/mol. The second-order valence-corrected chi connectivity index (χ2v) is 4.20. The molecule has 0 aliphatic rings. The van der Waals surface area contributed by atoms with E-state index in [1.165, 1.54) is 11.0 Å². The van der Waals surface area contributed by atoms with E-state index < -0.39 is 0 Å². The molecular weight excluding hydrogens is 240 g/mol. The number of carbonyl (C=O) groups excluding carboxylic acids is 1. The van der Waals surface area contributed by atoms with Gasteiger partial charge in [0.25, 0.3) is 0 Å². The molecule has 2 aromatic rings. The number of hydrogen-bond donors (Lipinski definition) is 0. The van der Waals surface area contributed by atoms with Crippen molar-refractivity contribution in [2.75, 3.05) is 0 Å². The van der Waals surface area contributed by atoms with Gasteiger partial charge in [0.2, 0.25) is 0 Å². The molecule has 0 bridgehead atoms. The van der Waals surface area contributed by atoms with Crippen LogP contribution in [0, 0.1) is 0 Å². The molecule has 0 spiro atoms. The van der Waals surface area contributed by atoms with Gasteiger partial charge in [-0.1, -0.05) is 25.4 Å².